The molecule has 1 N–H and O–H groups in total. The van der Waals surface area contributed by atoms with E-state index in [4.69, 9.17) is 9.39 Å². The lowest BCUT2D eigenvalue weighted by Crippen LogP contribution is -2.51. The van der Waals surface area contributed by atoms with Gasteiger partial charge in [-0.2, -0.15) is 0 Å². The number of hydrogen-bond donors (Lipinski definition) is 1. The Morgan fingerprint density at radius 1 is 1.00 bits per heavy atom. The van der Waals surface area contributed by atoms with Crippen molar-refractivity contribution in [3.8, 4) is 5.75 Å². The lowest BCUT2D eigenvalue weighted by molar-refractivity contribution is 0.0590. The molecule has 2 aromatic rings. The van der Waals surface area contributed by atoms with Gasteiger partial charge in [-0.05, 0) is 48.4 Å². The van der Waals surface area contributed by atoms with Crippen molar-refractivity contribution < 1.29 is 24.0 Å². The van der Waals surface area contributed by atoms with Crippen LogP contribution in [0.2, 0.25) is 6.32 Å². The molecule has 2 aliphatic carbocycles. The highest BCUT2D eigenvalue weighted by Crippen LogP contribution is 2.50. The molecule has 6 heteroatoms. The van der Waals surface area contributed by atoms with Crippen LogP contribution in [0.4, 0.5) is 0 Å². The van der Waals surface area contributed by atoms with E-state index >= 15 is 0 Å². The Bertz CT molecular complexity index is 1080. The highest BCUT2D eigenvalue weighted by molar-refractivity contribution is 6.43. The molecule has 3 aliphatic rings. The summed E-state index contributed by atoms with van der Waals surface area (Å²) in [6, 6.07) is 16.8. The van der Waals surface area contributed by atoms with Gasteiger partial charge in [0.15, 0.2) is 11.6 Å². The third kappa shape index (κ3) is 4.07. The highest BCUT2D eigenvalue weighted by atomic mass is 16.5. The number of carbonyl (C=O) groups excluding carboxylic acids is 2. The van der Waals surface area contributed by atoms with Crippen molar-refractivity contribution in [2.75, 3.05) is 6.61 Å². The van der Waals surface area contributed by atoms with Crippen LogP contribution in [0.1, 0.15) is 53.3 Å². The topological polar surface area (TPSA) is 72.8 Å². The molecule has 33 heavy (non-hydrogen) atoms. The van der Waals surface area contributed by atoms with Gasteiger partial charge in [0, 0.05) is 23.0 Å². The largest absolute Gasteiger partial charge is 0.489 e. The Labute approximate surface area is 194 Å². The number of rotatable bonds is 6. The number of carbonyl (C=O) groups is 2. The van der Waals surface area contributed by atoms with Crippen LogP contribution >= 0.6 is 0 Å². The van der Waals surface area contributed by atoms with Gasteiger partial charge in [0.1, 0.15) is 12.4 Å². The van der Waals surface area contributed by atoms with Gasteiger partial charge in [-0.1, -0.05) is 62.2 Å². The third-order valence-electron chi connectivity index (χ3n) is 7.34. The number of fused-ring (bicyclic) bond motifs is 4. The molecular weight excluding hydrogens is 415 g/mol. The number of Topliss-reactive ketones (excluding diaryl/α,β-unsaturated/α-hetero) is 2. The average Bonchev–Trinajstić information content (AvgIpc) is 2.84. The van der Waals surface area contributed by atoms with Crippen LogP contribution < -0.4 is 4.74 Å². The number of hydrogen-bond acceptors (Lipinski definition) is 5. The normalized spacial score (nSPS) is 26.5. The Morgan fingerprint density at radius 2 is 1.70 bits per heavy atom. The van der Waals surface area contributed by atoms with E-state index in [1.54, 1.807) is 12.1 Å². The summed E-state index contributed by atoms with van der Waals surface area (Å²) in [7, 11) is -0.935. The predicted octanol–water partition coefficient (Wildman–Crippen LogP) is 4.76. The molecule has 1 aliphatic heterocycles. The quantitative estimate of drug-likeness (QED) is 0.514. The van der Waals surface area contributed by atoms with Crippen LogP contribution in [-0.2, 0) is 4.65 Å². The van der Waals surface area contributed by atoms with Crippen molar-refractivity contribution in [3.05, 3.63) is 76.9 Å². The molecule has 0 aromatic heterocycles. The molecule has 4 atom stereocenters. The Balaban J connectivity index is 1.56. The fourth-order valence-corrected chi connectivity index (χ4v) is 5.88. The molecule has 2 aromatic carbocycles. The van der Waals surface area contributed by atoms with Crippen molar-refractivity contribution in [2.45, 2.75) is 45.0 Å². The van der Waals surface area contributed by atoms with E-state index in [0.29, 0.717) is 30.5 Å². The Kier molecular flexibility index (Phi) is 6.22. The summed E-state index contributed by atoms with van der Waals surface area (Å²) >= 11 is 0. The molecule has 1 saturated heterocycles. The summed E-state index contributed by atoms with van der Waals surface area (Å²) in [5.74, 6) is -0.282. The minimum Gasteiger partial charge on any atom is -0.489 e. The Hall–Kier alpha value is -2.70. The zero-order valence-electron chi connectivity index (χ0n) is 18.9. The molecule has 170 valence electrons. The summed E-state index contributed by atoms with van der Waals surface area (Å²) in [5.41, 5.74) is 3.15. The van der Waals surface area contributed by atoms with Gasteiger partial charge in [0.2, 0.25) is 0 Å². The van der Waals surface area contributed by atoms with Crippen LogP contribution in [0, 0.1) is 17.8 Å². The van der Waals surface area contributed by atoms with Crippen molar-refractivity contribution in [1.82, 2.24) is 0 Å². The van der Waals surface area contributed by atoms with E-state index in [2.05, 4.69) is 6.92 Å². The Morgan fingerprint density at radius 3 is 2.42 bits per heavy atom. The first-order valence-electron chi connectivity index (χ1n) is 12.0. The zero-order chi connectivity index (χ0) is 22.9. The summed E-state index contributed by atoms with van der Waals surface area (Å²) in [6.45, 7) is 2.48. The number of unbranched alkanes of at least 4 members (excludes halogenated alkanes) is 1. The maximum Gasteiger partial charge on any atom is 0.455 e. The lowest BCUT2D eigenvalue weighted by atomic mass is 9.54. The van der Waals surface area contributed by atoms with Crippen molar-refractivity contribution in [1.29, 1.82) is 0 Å². The van der Waals surface area contributed by atoms with Gasteiger partial charge >= 0.3 is 7.12 Å². The first-order valence-corrected chi connectivity index (χ1v) is 12.0. The second-order valence-corrected chi connectivity index (χ2v) is 9.33. The van der Waals surface area contributed by atoms with Gasteiger partial charge in [0.05, 0.1) is 6.10 Å². The summed E-state index contributed by atoms with van der Waals surface area (Å²) in [4.78, 5) is 27.2. The van der Waals surface area contributed by atoms with Crippen LogP contribution in [0.3, 0.4) is 0 Å². The molecule has 0 unspecified atom stereocenters. The maximum absolute atomic E-state index is 13.6. The van der Waals surface area contributed by atoms with Crippen LogP contribution in [-0.4, -0.2) is 36.4 Å². The van der Waals surface area contributed by atoms with Gasteiger partial charge in [0.25, 0.3) is 0 Å². The number of ketones is 2. The highest BCUT2D eigenvalue weighted by Gasteiger charge is 2.53. The minimum absolute atomic E-state index is 0.0177. The fourth-order valence-electron chi connectivity index (χ4n) is 5.88. The SMILES string of the molecule is CCCC[C@H]1OB(O)C[C@H]2C1=C(COc1ccccc1)C[C@H]1C(=O)c3ccccc3C(=O)[C@H]12. The molecule has 0 bridgehead atoms. The first kappa shape index (κ1) is 22.1. The molecule has 0 radical (unpaired) electrons. The van der Waals surface area contributed by atoms with E-state index in [9.17, 15) is 14.6 Å². The lowest BCUT2D eigenvalue weighted by Gasteiger charge is -2.47. The minimum atomic E-state index is -0.935. The van der Waals surface area contributed by atoms with Gasteiger partial charge in [-0.15, -0.1) is 0 Å². The molecule has 1 heterocycles. The molecule has 0 amide bonds. The van der Waals surface area contributed by atoms with Crippen molar-refractivity contribution in [2.24, 2.45) is 17.8 Å². The molecule has 5 nitrogen and oxygen atoms in total. The first-order chi connectivity index (χ1) is 16.1. The van der Waals surface area contributed by atoms with E-state index in [-0.39, 0.29) is 23.6 Å². The molecular formula is C27H29BO5. The monoisotopic (exact) mass is 444 g/mol. The summed E-state index contributed by atoms with van der Waals surface area (Å²) in [6.07, 6.45) is 3.32. The molecule has 1 fully saturated rings. The number of ether oxygens (including phenoxy) is 1. The molecule has 0 saturated carbocycles. The van der Waals surface area contributed by atoms with Crippen LogP contribution in [0.25, 0.3) is 0 Å². The van der Waals surface area contributed by atoms with Gasteiger partial charge in [-0.25, -0.2) is 0 Å². The average molecular weight is 444 g/mol. The van der Waals surface area contributed by atoms with Crippen LogP contribution in [0.15, 0.2) is 65.7 Å². The zero-order valence-corrected chi connectivity index (χ0v) is 18.9. The van der Waals surface area contributed by atoms with E-state index in [1.807, 2.05) is 42.5 Å². The molecule has 5 rings (SSSR count). The standard InChI is InChI=1S/C27H29BO5/c1-2-3-13-23-24-17(16-32-18-9-5-4-6-10-18)14-21-25(22(24)15-28(31)33-23)27(30)20-12-8-7-11-19(20)26(21)29/h4-12,21-23,25,31H,2-3,13-16H2,1H3/t21-,22+,23-,25-/m1/s1. The number of benzene rings is 2. The second-order valence-electron chi connectivity index (χ2n) is 9.33. The van der Waals surface area contributed by atoms with E-state index < -0.39 is 19.0 Å². The van der Waals surface area contributed by atoms with Crippen LogP contribution in [0.5, 0.6) is 5.75 Å². The molecule has 0 spiro atoms. The van der Waals surface area contributed by atoms with Crippen molar-refractivity contribution in [3.63, 3.8) is 0 Å². The van der Waals surface area contributed by atoms with Crippen molar-refractivity contribution >= 4 is 18.7 Å². The number of para-hydroxylation sites is 1. The fraction of sp³-hybridized carbons (Fsp3) is 0.407. The summed E-state index contributed by atoms with van der Waals surface area (Å²) in [5, 5.41) is 10.6. The second kappa shape index (κ2) is 9.28. The van der Waals surface area contributed by atoms with Gasteiger partial charge < -0.3 is 14.4 Å². The maximum atomic E-state index is 13.6. The van der Waals surface area contributed by atoms with E-state index in [0.717, 1.165) is 36.2 Å². The van der Waals surface area contributed by atoms with Gasteiger partial charge in [-0.3, -0.25) is 9.59 Å². The van der Waals surface area contributed by atoms with E-state index in [1.165, 1.54) is 0 Å². The summed E-state index contributed by atoms with van der Waals surface area (Å²) < 4.78 is 12.1. The third-order valence-corrected chi connectivity index (χ3v) is 7.34. The smallest absolute Gasteiger partial charge is 0.455 e. The predicted molar refractivity (Wildman–Crippen MR) is 126 cm³/mol.